The number of nitrogens with zero attached hydrogens (tertiary/aromatic N) is 1. The summed E-state index contributed by atoms with van der Waals surface area (Å²) in [5, 5.41) is 6.46. The second kappa shape index (κ2) is 9.94. The number of sulfonamides is 1. The zero-order valence-electron chi connectivity index (χ0n) is 17.7. The molecular weight excluding hydrogens is 410 g/mol. The lowest BCUT2D eigenvalue weighted by atomic mass is 9.90. The maximum absolute atomic E-state index is 13.5. The van der Waals surface area contributed by atoms with E-state index in [1.807, 2.05) is 30.3 Å². The van der Waals surface area contributed by atoms with Crippen LogP contribution in [0.3, 0.4) is 0 Å². The van der Waals surface area contributed by atoms with Crippen molar-refractivity contribution in [2.75, 3.05) is 26.2 Å². The zero-order valence-corrected chi connectivity index (χ0v) is 18.6. The number of hydrogen-bond acceptors (Lipinski definition) is 4. The Labute approximate surface area is 185 Å². The quantitative estimate of drug-likeness (QED) is 0.723. The van der Waals surface area contributed by atoms with Crippen molar-refractivity contribution in [1.29, 1.82) is 0 Å². The van der Waals surface area contributed by atoms with E-state index in [1.165, 1.54) is 4.31 Å². The van der Waals surface area contributed by atoms with Gasteiger partial charge in [0.25, 0.3) is 0 Å². The maximum Gasteiger partial charge on any atom is 0.243 e. The van der Waals surface area contributed by atoms with Crippen LogP contribution in [0.2, 0.25) is 0 Å². The molecule has 0 aromatic heterocycles. The van der Waals surface area contributed by atoms with E-state index in [0.717, 1.165) is 31.5 Å². The van der Waals surface area contributed by atoms with Gasteiger partial charge < -0.3 is 10.6 Å². The molecule has 2 saturated heterocycles. The van der Waals surface area contributed by atoms with E-state index in [4.69, 9.17) is 0 Å². The van der Waals surface area contributed by atoms with E-state index >= 15 is 0 Å². The zero-order chi connectivity index (χ0) is 21.7. The number of benzene rings is 2. The van der Waals surface area contributed by atoms with Crippen LogP contribution in [0.5, 0.6) is 0 Å². The number of amides is 1. The Morgan fingerprint density at radius 2 is 1.71 bits per heavy atom. The molecule has 0 spiro atoms. The minimum atomic E-state index is -3.72. The molecule has 2 unspecified atom stereocenters. The molecule has 166 valence electrons. The van der Waals surface area contributed by atoms with Crippen molar-refractivity contribution in [3.05, 3.63) is 66.2 Å². The summed E-state index contributed by atoms with van der Waals surface area (Å²) >= 11 is 0. The summed E-state index contributed by atoms with van der Waals surface area (Å²) in [6.07, 6.45) is 3.54. The van der Waals surface area contributed by atoms with Crippen molar-refractivity contribution in [3.63, 3.8) is 0 Å². The fourth-order valence-corrected chi connectivity index (χ4v) is 6.35. The largest absolute Gasteiger partial charge is 0.355 e. The highest BCUT2D eigenvalue weighted by Gasteiger charge is 2.40. The van der Waals surface area contributed by atoms with Gasteiger partial charge in [0.2, 0.25) is 15.9 Å². The van der Waals surface area contributed by atoms with Crippen molar-refractivity contribution < 1.29 is 13.2 Å². The minimum Gasteiger partial charge on any atom is -0.355 e. The third-order valence-corrected chi connectivity index (χ3v) is 8.29. The van der Waals surface area contributed by atoms with Crippen molar-refractivity contribution in [3.8, 4) is 0 Å². The van der Waals surface area contributed by atoms with Crippen LogP contribution in [0.4, 0.5) is 0 Å². The summed E-state index contributed by atoms with van der Waals surface area (Å²) < 4.78 is 28.6. The van der Waals surface area contributed by atoms with Crippen LogP contribution in [0.25, 0.3) is 0 Å². The molecule has 2 N–H and O–H groups in total. The van der Waals surface area contributed by atoms with E-state index in [0.29, 0.717) is 25.3 Å². The first kappa shape index (κ1) is 22.0. The third-order valence-electron chi connectivity index (χ3n) is 6.41. The predicted octanol–water partition coefficient (Wildman–Crippen LogP) is 2.94. The Morgan fingerprint density at radius 1 is 1.00 bits per heavy atom. The van der Waals surface area contributed by atoms with Gasteiger partial charge in [0, 0.05) is 13.1 Å². The van der Waals surface area contributed by atoms with Gasteiger partial charge in [-0.15, -0.1) is 0 Å². The molecule has 0 saturated carbocycles. The van der Waals surface area contributed by atoms with Gasteiger partial charge >= 0.3 is 0 Å². The summed E-state index contributed by atoms with van der Waals surface area (Å²) in [6.45, 7) is 2.82. The Morgan fingerprint density at radius 3 is 2.39 bits per heavy atom. The molecule has 7 heteroatoms. The second-order valence-corrected chi connectivity index (χ2v) is 10.4. The monoisotopic (exact) mass is 441 g/mol. The van der Waals surface area contributed by atoms with Crippen molar-refractivity contribution in [2.45, 2.75) is 36.6 Å². The smallest absolute Gasteiger partial charge is 0.243 e. The first-order valence-corrected chi connectivity index (χ1v) is 12.6. The molecule has 2 aliphatic heterocycles. The number of rotatable bonds is 6. The molecule has 2 aromatic carbocycles. The van der Waals surface area contributed by atoms with E-state index in [-0.39, 0.29) is 29.3 Å². The number of hydrogen-bond donors (Lipinski definition) is 2. The number of carbonyl (C=O) groups excluding carboxylic acids is 1. The molecule has 31 heavy (non-hydrogen) atoms. The fourth-order valence-electron chi connectivity index (χ4n) is 4.64. The molecule has 2 aliphatic rings. The molecule has 0 bridgehead atoms. The highest BCUT2D eigenvalue weighted by Crippen LogP contribution is 2.37. The van der Waals surface area contributed by atoms with Gasteiger partial charge in [-0.1, -0.05) is 48.5 Å². The van der Waals surface area contributed by atoms with Gasteiger partial charge in [0.1, 0.15) is 0 Å². The normalized spacial score (nSPS) is 25.1. The molecule has 6 nitrogen and oxygen atoms in total. The first-order valence-electron chi connectivity index (χ1n) is 11.2. The standard InChI is InChI=1S/C24H31N3O3S/c28-24(26-17-19-8-7-15-25-16-19)21-13-14-23(20-9-3-1-4-10-20)27(18-21)31(29,30)22-11-5-2-6-12-22/h1-6,9-12,19,21,23,25H,7-8,13-18H2,(H,26,28)/t19-,21?,23?/m0/s1. The Hall–Kier alpha value is -2.22. The second-order valence-electron chi connectivity index (χ2n) is 8.55. The van der Waals surface area contributed by atoms with Crippen molar-refractivity contribution in [2.24, 2.45) is 11.8 Å². The molecule has 2 aromatic rings. The van der Waals surface area contributed by atoms with E-state index in [9.17, 15) is 13.2 Å². The lowest BCUT2D eigenvalue weighted by Gasteiger charge is -2.38. The third kappa shape index (κ3) is 5.17. The highest BCUT2D eigenvalue weighted by atomic mass is 32.2. The van der Waals surface area contributed by atoms with Crippen LogP contribution < -0.4 is 10.6 Å². The first-order chi connectivity index (χ1) is 15.1. The van der Waals surface area contributed by atoms with Gasteiger partial charge in [-0.2, -0.15) is 4.31 Å². The average molecular weight is 442 g/mol. The van der Waals surface area contributed by atoms with Crippen LogP contribution in [-0.2, 0) is 14.8 Å². The lowest BCUT2D eigenvalue weighted by Crippen LogP contribution is -2.48. The summed E-state index contributed by atoms with van der Waals surface area (Å²) in [4.78, 5) is 13.2. The van der Waals surface area contributed by atoms with Gasteiger partial charge in [-0.3, -0.25) is 4.79 Å². The van der Waals surface area contributed by atoms with E-state index in [1.54, 1.807) is 30.3 Å². The fraction of sp³-hybridized carbons (Fsp3) is 0.458. The van der Waals surface area contributed by atoms with Crippen molar-refractivity contribution >= 4 is 15.9 Å². The Bertz CT molecular complexity index is 960. The molecule has 4 rings (SSSR count). The topological polar surface area (TPSA) is 78.5 Å². The summed E-state index contributed by atoms with van der Waals surface area (Å²) in [6, 6.07) is 18.0. The highest BCUT2D eigenvalue weighted by molar-refractivity contribution is 7.89. The summed E-state index contributed by atoms with van der Waals surface area (Å²) in [7, 11) is -3.72. The van der Waals surface area contributed by atoms with Crippen LogP contribution in [-0.4, -0.2) is 44.8 Å². The minimum absolute atomic E-state index is 0.0367. The summed E-state index contributed by atoms with van der Waals surface area (Å²) in [5.74, 6) is 0.0721. The average Bonchev–Trinajstić information content (AvgIpc) is 2.84. The number of piperidine rings is 2. The molecule has 0 aliphatic carbocycles. The van der Waals surface area contributed by atoms with Gasteiger partial charge in [-0.05, 0) is 62.4 Å². The van der Waals surface area contributed by atoms with Gasteiger partial charge in [0.15, 0.2) is 0 Å². The molecule has 1 amide bonds. The number of carbonyl (C=O) groups is 1. The summed E-state index contributed by atoms with van der Waals surface area (Å²) in [5.41, 5.74) is 0.967. The van der Waals surface area contributed by atoms with Crippen LogP contribution in [0.1, 0.15) is 37.3 Å². The van der Waals surface area contributed by atoms with E-state index in [2.05, 4.69) is 10.6 Å². The van der Waals surface area contributed by atoms with Gasteiger partial charge in [0.05, 0.1) is 16.9 Å². The maximum atomic E-state index is 13.5. The molecule has 2 fully saturated rings. The molecule has 3 atom stereocenters. The van der Waals surface area contributed by atoms with Crippen LogP contribution in [0.15, 0.2) is 65.6 Å². The number of nitrogens with one attached hydrogen (secondary N) is 2. The Kier molecular flexibility index (Phi) is 7.05. The molecular formula is C24H31N3O3S. The van der Waals surface area contributed by atoms with Crippen molar-refractivity contribution in [1.82, 2.24) is 14.9 Å². The Balaban J connectivity index is 1.52. The SMILES string of the molecule is O=C(NC[C@H]1CCCNC1)C1CCC(c2ccccc2)N(S(=O)(=O)c2ccccc2)C1. The molecule has 2 heterocycles. The lowest BCUT2D eigenvalue weighted by molar-refractivity contribution is -0.126. The van der Waals surface area contributed by atoms with E-state index < -0.39 is 10.0 Å². The van der Waals surface area contributed by atoms with Crippen LogP contribution in [0, 0.1) is 11.8 Å². The van der Waals surface area contributed by atoms with Crippen LogP contribution >= 0.6 is 0 Å². The predicted molar refractivity (Wildman–Crippen MR) is 121 cm³/mol. The van der Waals surface area contributed by atoms with Gasteiger partial charge in [-0.25, -0.2) is 8.42 Å². The molecule has 0 radical (unpaired) electrons.